The Balaban J connectivity index is 1.94. The lowest BCUT2D eigenvalue weighted by atomic mass is 10.0. The lowest BCUT2D eigenvalue weighted by molar-refractivity contribution is 0.0949. The van der Waals surface area contributed by atoms with Crippen molar-refractivity contribution in [2.75, 3.05) is 0 Å². The lowest BCUT2D eigenvalue weighted by Crippen LogP contribution is -2.33. The first-order chi connectivity index (χ1) is 14.0. The first kappa shape index (κ1) is 20.5. The Morgan fingerprint density at radius 2 is 1.83 bits per heavy atom. The molecule has 3 rings (SSSR count). The summed E-state index contributed by atoms with van der Waals surface area (Å²) in [6, 6.07) is 15.5. The van der Waals surface area contributed by atoms with Crippen molar-refractivity contribution >= 4 is 5.91 Å². The molecule has 4 nitrogen and oxygen atoms in total. The highest BCUT2D eigenvalue weighted by Crippen LogP contribution is 2.23. The summed E-state index contributed by atoms with van der Waals surface area (Å²) in [5, 5.41) is 2.78. The number of carbonyl (C=O) groups is 1. The number of carbonyl (C=O) groups excluding carboxylic acids is 1. The third kappa shape index (κ3) is 4.99. The van der Waals surface area contributed by atoms with Crippen LogP contribution < -0.4 is 10.9 Å². The van der Waals surface area contributed by atoms with Gasteiger partial charge >= 0.3 is 0 Å². The average molecular weight is 392 g/mol. The van der Waals surface area contributed by atoms with Crippen LogP contribution in [0.3, 0.4) is 0 Å². The van der Waals surface area contributed by atoms with E-state index in [9.17, 15) is 14.0 Å². The van der Waals surface area contributed by atoms with Crippen LogP contribution in [0.1, 0.15) is 41.3 Å². The molecule has 0 saturated carbocycles. The fourth-order valence-electron chi connectivity index (χ4n) is 3.22. The molecule has 0 saturated heterocycles. The summed E-state index contributed by atoms with van der Waals surface area (Å²) < 4.78 is 14.7. The predicted molar refractivity (Wildman–Crippen MR) is 113 cm³/mol. The van der Waals surface area contributed by atoms with Crippen LogP contribution in [-0.2, 0) is 13.1 Å². The van der Waals surface area contributed by atoms with E-state index in [1.807, 2.05) is 37.4 Å². The van der Waals surface area contributed by atoms with Gasteiger partial charge in [0.05, 0.1) is 0 Å². The molecule has 0 unspecified atom stereocenters. The number of aryl methyl sites for hydroxylation is 2. The Morgan fingerprint density at radius 1 is 1.10 bits per heavy atom. The minimum atomic E-state index is -0.431. The van der Waals surface area contributed by atoms with Crippen LogP contribution in [0.15, 0.2) is 65.6 Å². The van der Waals surface area contributed by atoms with Gasteiger partial charge in [0.15, 0.2) is 0 Å². The number of rotatable bonds is 7. The minimum Gasteiger partial charge on any atom is -0.348 e. The number of hydrogen-bond donors (Lipinski definition) is 1. The largest absolute Gasteiger partial charge is 0.348 e. The number of halogens is 1. The summed E-state index contributed by atoms with van der Waals surface area (Å²) >= 11 is 0. The summed E-state index contributed by atoms with van der Waals surface area (Å²) in [6.45, 7) is 4.85. The van der Waals surface area contributed by atoms with Crippen molar-refractivity contribution in [2.24, 2.45) is 0 Å². The number of nitrogens with one attached hydrogen (secondary N) is 1. The molecule has 0 radical (unpaired) electrons. The maximum atomic E-state index is 13.1. The zero-order chi connectivity index (χ0) is 20.8. The smallest absolute Gasteiger partial charge is 0.263 e. The van der Waals surface area contributed by atoms with E-state index >= 15 is 0 Å². The van der Waals surface area contributed by atoms with Gasteiger partial charge in [-0.15, -0.1) is 0 Å². The Labute approximate surface area is 170 Å². The Morgan fingerprint density at radius 3 is 2.52 bits per heavy atom. The van der Waals surface area contributed by atoms with Crippen molar-refractivity contribution in [3.8, 4) is 11.1 Å². The number of pyridine rings is 1. The fraction of sp³-hybridized carbons (Fsp3) is 0.250. The van der Waals surface area contributed by atoms with E-state index in [0.717, 1.165) is 35.1 Å². The van der Waals surface area contributed by atoms with Crippen LogP contribution in [0.4, 0.5) is 4.39 Å². The van der Waals surface area contributed by atoms with Crippen molar-refractivity contribution in [2.45, 2.75) is 39.8 Å². The fourth-order valence-corrected chi connectivity index (χ4v) is 3.22. The maximum Gasteiger partial charge on any atom is 0.263 e. The summed E-state index contributed by atoms with van der Waals surface area (Å²) in [4.78, 5) is 25.7. The summed E-state index contributed by atoms with van der Waals surface area (Å²) in [6.07, 6.45) is 3.64. The van der Waals surface area contributed by atoms with Gasteiger partial charge in [-0.2, -0.15) is 0 Å². The van der Waals surface area contributed by atoms with Crippen LogP contribution in [0.2, 0.25) is 0 Å². The molecule has 0 bridgehead atoms. The molecule has 29 heavy (non-hydrogen) atoms. The monoisotopic (exact) mass is 392 g/mol. The van der Waals surface area contributed by atoms with Crippen molar-refractivity contribution in [1.82, 2.24) is 9.88 Å². The molecular weight excluding hydrogens is 367 g/mol. The Hall–Kier alpha value is -3.21. The van der Waals surface area contributed by atoms with Gasteiger partial charge in [0.1, 0.15) is 11.4 Å². The second-order valence-electron chi connectivity index (χ2n) is 7.12. The third-order valence-corrected chi connectivity index (χ3v) is 4.91. The average Bonchev–Trinajstić information content (AvgIpc) is 2.73. The van der Waals surface area contributed by atoms with Crippen molar-refractivity contribution in [3.05, 3.63) is 93.7 Å². The summed E-state index contributed by atoms with van der Waals surface area (Å²) in [5.74, 6) is -0.759. The van der Waals surface area contributed by atoms with Gasteiger partial charge in [-0.3, -0.25) is 9.59 Å². The SMILES string of the molecule is CCCCn1cc(-c2ccccc2C)cc(C(=O)NCc2ccc(F)cc2)c1=O. The second kappa shape index (κ2) is 9.32. The van der Waals surface area contributed by atoms with Crippen molar-refractivity contribution in [3.63, 3.8) is 0 Å². The van der Waals surface area contributed by atoms with Gasteiger partial charge in [-0.05, 0) is 53.8 Å². The molecule has 0 spiro atoms. The molecule has 1 amide bonds. The topological polar surface area (TPSA) is 51.1 Å². The molecule has 150 valence electrons. The van der Waals surface area contributed by atoms with E-state index in [1.54, 1.807) is 22.8 Å². The van der Waals surface area contributed by atoms with Gasteiger partial charge in [-0.1, -0.05) is 49.7 Å². The van der Waals surface area contributed by atoms with Crippen LogP contribution in [0, 0.1) is 12.7 Å². The van der Waals surface area contributed by atoms with Gasteiger partial charge in [0.2, 0.25) is 0 Å². The molecule has 0 fully saturated rings. The molecule has 0 aliphatic rings. The highest BCUT2D eigenvalue weighted by atomic mass is 19.1. The number of amides is 1. The predicted octanol–water partition coefficient (Wildman–Crippen LogP) is 4.69. The van der Waals surface area contributed by atoms with Crippen LogP contribution in [0.5, 0.6) is 0 Å². The molecule has 2 aromatic carbocycles. The van der Waals surface area contributed by atoms with E-state index in [4.69, 9.17) is 0 Å². The number of nitrogens with zero attached hydrogens (tertiary/aromatic N) is 1. The summed E-state index contributed by atoms with van der Waals surface area (Å²) in [5.41, 5.74) is 3.49. The standard InChI is InChI=1S/C24H25FN2O2/c1-3-4-13-27-16-19(21-8-6-5-7-17(21)2)14-22(24(27)29)23(28)26-15-18-9-11-20(25)12-10-18/h5-12,14,16H,3-4,13,15H2,1-2H3,(H,26,28). The molecule has 1 heterocycles. The van der Waals surface area contributed by atoms with Gasteiger partial charge in [0.25, 0.3) is 11.5 Å². The molecule has 5 heteroatoms. The van der Waals surface area contributed by atoms with Crippen molar-refractivity contribution in [1.29, 1.82) is 0 Å². The lowest BCUT2D eigenvalue weighted by Gasteiger charge is -2.13. The Kier molecular flexibility index (Phi) is 6.60. The molecule has 1 N–H and O–H groups in total. The second-order valence-corrected chi connectivity index (χ2v) is 7.12. The van der Waals surface area contributed by atoms with Gasteiger partial charge in [-0.25, -0.2) is 4.39 Å². The van der Waals surface area contributed by atoms with Gasteiger partial charge < -0.3 is 9.88 Å². The normalized spacial score (nSPS) is 10.7. The van der Waals surface area contributed by atoms with E-state index in [1.165, 1.54) is 12.1 Å². The highest BCUT2D eigenvalue weighted by Gasteiger charge is 2.16. The molecule has 0 atom stereocenters. The van der Waals surface area contributed by atoms with Gasteiger partial charge in [0, 0.05) is 19.3 Å². The zero-order valence-electron chi connectivity index (χ0n) is 16.7. The maximum absolute atomic E-state index is 13.1. The molecular formula is C24H25FN2O2. The number of benzene rings is 2. The summed E-state index contributed by atoms with van der Waals surface area (Å²) in [7, 11) is 0. The number of aromatic nitrogens is 1. The van der Waals surface area contributed by atoms with Crippen molar-refractivity contribution < 1.29 is 9.18 Å². The number of unbranched alkanes of at least 4 members (excludes halogenated alkanes) is 1. The number of hydrogen-bond acceptors (Lipinski definition) is 2. The molecule has 0 aliphatic heterocycles. The Bertz CT molecular complexity index is 1060. The molecule has 1 aromatic heterocycles. The van der Waals surface area contributed by atoms with Crippen LogP contribution >= 0.6 is 0 Å². The zero-order valence-corrected chi connectivity index (χ0v) is 16.7. The first-order valence-corrected chi connectivity index (χ1v) is 9.82. The quantitative estimate of drug-likeness (QED) is 0.634. The molecule has 0 aliphatic carbocycles. The highest BCUT2D eigenvalue weighted by molar-refractivity contribution is 5.95. The van der Waals surface area contributed by atoms with Crippen LogP contribution in [-0.4, -0.2) is 10.5 Å². The van der Waals surface area contributed by atoms with Crippen LogP contribution in [0.25, 0.3) is 11.1 Å². The van der Waals surface area contributed by atoms with E-state index in [2.05, 4.69) is 12.2 Å². The molecule has 3 aromatic rings. The van der Waals surface area contributed by atoms with E-state index in [0.29, 0.717) is 6.54 Å². The van der Waals surface area contributed by atoms with E-state index in [-0.39, 0.29) is 23.5 Å². The first-order valence-electron chi connectivity index (χ1n) is 9.82. The third-order valence-electron chi connectivity index (χ3n) is 4.91. The minimum absolute atomic E-state index is 0.115. The van der Waals surface area contributed by atoms with E-state index < -0.39 is 5.91 Å².